The monoisotopic (exact) mass is 360 g/mol. The van der Waals surface area contributed by atoms with Crippen molar-refractivity contribution in [2.45, 2.75) is 51.4 Å². The van der Waals surface area contributed by atoms with Crippen LogP contribution < -0.4 is 11.3 Å². The van der Waals surface area contributed by atoms with E-state index in [0.717, 1.165) is 16.5 Å². The first-order valence-electron chi connectivity index (χ1n) is 6.77. The largest absolute Gasteiger partial charge is 0.369 e. The van der Waals surface area contributed by atoms with Crippen molar-refractivity contribution in [2.24, 2.45) is 11.8 Å². The van der Waals surface area contributed by atoms with Crippen molar-refractivity contribution in [3.63, 3.8) is 0 Å². The molecule has 0 bridgehead atoms. The zero-order valence-corrected chi connectivity index (χ0v) is 14.7. The summed E-state index contributed by atoms with van der Waals surface area (Å²) in [7, 11) is 0. The van der Waals surface area contributed by atoms with Crippen molar-refractivity contribution < 1.29 is 4.74 Å². The topological polar surface area (TPSA) is 47.3 Å². The molecule has 1 aliphatic rings. The number of ether oxygens (including phenoxy) is 1. The summed E-state index contributed by atoms with van der Waals surface area (Å²) in [4.78, 5) is 0. The van der Waals surface area contributed by atoms with Crippen LogP contribution in [0.5, 0.6) is 0 Å². The molecule has 0 aliphatic carbocycles. The van der Waals surface area contributed by atoms with E-state index in [9.17, 15) is 0 Å². The van der Waals surface area contributed by atoms with Crippen molar-refractivity contribution in [1.29, 1.82) is 0 Å². The van der Waals surface area contributed by atoms with Crippen LogP contribution in [0.4, 0.5) is 0 Å². The van der Waals surface area contributed by atoms with E-state index in [2.05, 4.69) is 49.1 Å². The second-order valence-corrected chi connectivity index (χ2v) is 7.86. The van der Waals surface area contributed by atoms with E-state index in [1.165, 1.54) is 0 Å². The molecular formula is C15H22BrClN2O. The molecule has 112 valence electrons. The maximum atomic E-state index is 6.20. The molecule has 0 amide bonds. The maximum Gasteiger partial charge on any atom is 0.0681 e. The molecule has 1 fully saturated rings. The minimum atomic E-state index is -0.236. The number of hydrazine groups is 1. The Kier molecular flexibility index (Phi) is 4.53. The van der Waals surface area contributed by atoms with Crippen LogP contribution in [-0.4, -0.2) is 11.2 Å². The Hall–Kier alpha value is -0.130. The molecule has 0 spiro atoms. The first kappa shape index (κ1) is 16.2. The molecule has 2 atom stereocenters. The van der Waals surface area contributed by atoms with Crippen molar-refractivity contribution in [3.05, 3.63) is 33.3 Å². The Balaban J connectivity index is 2.35. The summed E-state index contributed by atoms with van der Waals surface area (Å²) >= 11 is 9.62. The molecule has 0 aromatic heterocycles. The molecule has 2 unspecified atom stereocenters. The Bertz CT molecular complexity index is 505. The van der Waals surface area contributed by atoms with E-state index in [0.29, 0.717) is 5.02 Å². The summed E-state index contributed by atoms with van der Waals surface area (Å²) < 4.78 is 7.06. The van der Waals surface area contributed by atoms with Crippen LogP contribution >= 0.6 is 27.5 Å². The molecule has 5 heteroatoms. The average molecular weight is 362 g/mol. The lowest BCUT2D eigenvalue weighted by atomic mass is 9.79. The first-order chi connectivity index (χ1) is 9.16. The van der Waals surface area contributed by atoms with Crippen LogP contribution in [0.15, 0.2) is 22.7 Å². The first-order valence-corrected chi connectivity index (χ1v) is 7.95. The predicted octanol–water partition coefficient (Wildman–Crippen LogP) is 4.20. The number of hydrogen-bond acceptors (Lipinski definition) is 3. The lowest BCUT2D eigenvalue weighted by Gasteiger charge is -2.33. The zero-order chi connectivity index (χ0) is 15.1. The number of hydrogen-bond donors (Lipinski definition) is 2. The third-order valence-electron chi connectivity index (χ3n) is 4.03. The van der Waals surface area contributed by atoms with Gasteiger partial charge >= 0.3 is 0 Å². The van der Waals surface area contributed by atoms with Gasteiger partial charge in [0.25, 0.3) is 0 Å². The van der Waals surface area contributed by atoms with E-state index in [-0.39, 0.29) is 23.2 Å². The molecule has 1 aromatic rings. The molecule has 1 aromatic carbocycles. The minimum absolute atomic E-state index is 0.0115. The van der Waals surface area contributed by atoms with Crippen LogP contribution in [0.25, 0.3) is 0 Å². The summed E-state index contributed by atoms with van der Waals surface area (Å²) in [6, 6.07) is 5.97. The second-order valence-electron chi connectivity index (χ2n) is 6.59. The van der Waals surface area contributed by atoms with Gasteiger partial charge in [-0.2, -0.15) is 0 Å². The van der Waals surface area contributed by atoms with Crippen molar-refractivity contribution >= 4 is 27.5 Å². The number of benzene rings is 1. The van der Waals surface area contributed by atoms with Crippen molar-refractivity contribution in [3.8, 4) is 0 Å². The lowest BCUT2D eigenvalue weighted by molar-refractivity contribution is -0.0779. The molecule has 1 saturated heterocycles. The average Bonchev–Trinajstić information content (AvgIpc) is 2.53. The fourth-order valence-corrected chi connectivity index (χ4v) is 3.71. The third-order valence-corrected chi connectivity index (χ3v) is 5.26. The summed E-state index contributed by atoms with van der Waals surface area (Å²) in [5.74, 6) is 6.10. The second kappa shape index (κ2) is 5.58. The van der Waals surface area contributed by atoms with Gasteiger partial charge in [0.05, 0.1) is 22.3 Å². The van der Waals surface area contributed by atoms with Gasteiger partial charge in [0.15, 0.2) is 0 Å². The van der Waals surface area contributed by atoms with Crippen molar-refractivity contribution in [2.75, 3.05) is 0 Å². The fourth-order valence-electron chi connectivity index (χ4n) is 3.27. The van der Waals surface area contributed by atoms with Gasteiger partial charge in [-0.25, -0.2) is 0 Å². The molecule has 0 saturated carbocycles. The predicted molar refractivity (Wildman–Crippen MR) is 86.6 cm³/mol. The van der Waals surface area contributed by atoms with Gasteiger partial charge in [0.1, 0.15) is 0 Å². The van der Waals surface area contributed by atoms with Crippen molar-refractivity contribution in [1.82, 2.24) is 5.43 Å². The van der Waals surface area contributed by atoms with Crippen LogP contribution in [0, 0.1) is 5.92 Å². The normalized spacial score (nSPS) is 25.6. The highest BCUT2D eigenvalue weighted by Crippen LogP contribution is 2.47. The minimum Gasteiger partial charge on any atom is -0.369 e. The quantitative estimate of drug-likeness (QED) is 0.626. The molecule has 20 heavy (non-hydrogen) atoms. The molecule has 3 nitrogen and oxygen atoms in total. The smallest absolute Gasteiger partial charge is 0.0681 e. The SMILES string of the molecule is CC1(C)CC(C(NN)c2ccc(Br)c(Cl)c2)C(C)(C)O1. The van der Waals surface area contributed by atoms with Crippen LogP contribution in [-0.2, 0) is 4.74 Å². The van der Waals surface area contributed by atoms with E-state index in [1.54, 1.807) is 0 Å². The van der Waals surface area contributed by atoms with Gasteiger partial charge in [-0.05, 0) is 67.7 Å². The molecule has 3 N–H and O–H groups in total. The van der Waals surface area contributed by atoms with E-state index in [1.807, 2.05) is 18.2 Å². The zero-order valence-electron chi connectivity index (χ0n) is 12.3. The number of halogens is 2. The Morgan fingerprint density at radius 3 is 2.50 bits per heavy atom. The van der Waals surface area contributed by atoms with Crippen LogP contribution in [0.3, 0.4) is 0 Å². The Labute approximate surface area is 134 Å². The maximum absolute atomic E-state index is 6.20. The summed E-state index contributed by atoms with van der Waals surface area (Å²) in [5.41, 5.74) is 3.66. The van der Waals surface area contributed by atoms with Gasteiger partial charge in [0, 0.05) is 10.4 Å². The third kappa shape index (κ3) is 3.20. The molecular weight excluding hydrogens is 340 g/mol. The highest BCUT2D eigenvalue weighted by atomic mass is 79.9. The van der Waals surface area contributed by atoms with Crippen LogP contribution in [0.2, 0.25) is 5.02 Å². The highest BCUT2D eigenvalue weighted by molar-refractivity contribution is 9.10. The molecule has 0 radical (unpaired) electrons. The molecule has 1 heterocycles. The van der Waals surface area contributed by atoms with Gasteiger partial charge in [0.2, 0.25) is 0 Å². The van der Waals surface area contributed by atoms with E-state index >= 15 is 0 Å². The number of rotatable bonds is 3. The van der Waals surface area contributed by atoms with E-state index in [4.69, 9.17) is 22.2 Å². The van der Waals surface area contributed by atoms with Gasteiger partial charge < -0.3 is 4.74 Å². The molecule has 2 rings (SSSR count). The Morgan fingerprint density at radius 2 is 2.05 bits per heavy atom. The lowest BCUT2D eigenvalue weighted by Crippen LogP contribution is -2.41. The van der Waals surface area contributed by atoms with Gasteiger partial charge in [-0.3, -0.25) is 11.3 Å². The number of nitrogens with two attached hydrogens (primary N) is 1. The van der Waals surface area contributed by atoms with Crippen LogP contribution in [0.1, 0.15) is 45.7 Å². The van der Waals surface area contributed by atoms with E-state index < -0.39 is 0 Å². The standard InChI is InChI=1S/C15H22BrClN2O/c1-14(2)8-10(15(3,4)20-14)13(19-18)9-5-6-11(16)12(17)7-9/h5-7,10,13,19H,8,18H2,1-4H3. The summed E-state index contributed by atoms with van der Waals surface area (Å²) in [6.07, 6.45) is 0.947. The Morgan fingerprint density at radius 1 is 1.40 bits per heavy atom. The fraction of sp³-hybridized carbons (Fsp3) is 0.600. The summed E-state index contributed by atoms with van der Waals surface area (Å²) in [6.45, 7) is 8.49. The number of nitrogens with one attached hydrogen (secondary N) is 1. The van der Waals surface area contributed by atoms with Gasteiger partial charge in [-0.15, -0.1) is 0 Å². The highest BCUT2D eigenvalue weighted by Gasteiger charge is 2.49. The summed E-state index contributed by atoms with van der Waals surface area (Å²) in [5, 5.41) is 0.693. The molecule has 1 aliphatic heterocycles. The van der Waals surface area contributed by atoms with Gasteiger partial charge in [-0.1, -0.05) is 17.7 Å².